The number of carbonyl (C=O) groups is 1. The smallest absolute Gasteiger partial charge is 0.335 e. The van der Waals surface area contributed by atoms with E-state index in [-0.39, 0.29) is 6.04 Å². The van der Waals surface area contributed by atoms with Gasteiger partial charge < -0.3 is 10.4 Å². The van der Waals surface area contributed by atoms with Gasteiger partial charge in [0.05, 0.1) is 27.3 Å². The summed E-state index contributed by atoms with van der Waals surface area (Å²) >= 11 is 12.8. The van der Waals surface area contributed by atoms with E-state index in [1.807, 2.05) is 18.2 Å². The Kier molecular flexibility index (Phi) is 3.74. The summed E-state index contributed by atoms with van der Waals surface area (Å²) < 4.78 is 0. The van der Waals surface area contributed by atoms with Gasteiger partial charge >= 0.3 is 5.97 Å². The monoisotopic (exact) mass is 387 g/mol. The highest BCUT2D eigenvalue weighted by atomic mass is 35.5. The van der Waals surface area contributed by atoms with E-state index in [4.69, 9.17) is 23.2 Å². The maximum absolute atomic E-state index is 11.2. The number of nitrogens with one attached hydrogen (secondary N) is 1. The van der Waals surface area contributed by atoms with Gasteiger partial charge in [-0.3, -0.25) is 0 Å². The molecule has 1 heterocycles. The van der Waals surface area contributed by atoms with Gasteiger partial charge in [-0.05, 0) is 72.3 Å². The Hall–Kier alpha value is -1.71. The van der Waals surface area contributed by atoms with E-state index < -0.39 is 5.97 Å². The number of benzene rings is 2. The van der Waals surface area contributed by atoms with Gasteiger partial charge in [-0.2, -0.15) is 0 Å². The Bertz CT molecular complexity index is 896. The molecule has 0 radical (unpaired) electrons. The van der Waals surface area contributed by atoms with Crippen LogP contribution in [0.3, 0.4) is 0 Å². The lowest BCUT2D eigenvalue weighted by Gasteiger charge is -2.44. The molecule has 3 aliphatic rings. The molecule has 2 bridgehead atoms. The fourth-order valence-electron chi connectivity index (χ4n) is 5.66. The summed E-state index contributed by atoms with van der Waals surface area (Å²) in [5, 5.41) is 14.0. The number of fused-ring (bicyclic) bond motifs is 7. The minimum atomic E-state index is -0.897. The fraction of sp³-hybridized carbons (Fsp3) is 0.381. The van der Waals surface area contributed by atoms with Crippen LogP contribution in [0.2, 0.25) is 10.0 Å². The summed E-state index contributed by atoms with van der Waals surface area (Å²) in [7, 11) is 0. The van der Waals surface area contributed by atoms with E-state index in [2.05, 4.69) is 11.4 Å². The van der Waals surface area contributed by atoms with Gasteiger partial charge in [0, 0.05) is 0 Å². The highest BCUT2D eigenvalue weighted by Gasteiger charge is 2.54. The molecule has 0 spiro atoms. The number of carboxylic acid groups (broad SMARTS) is 1. The minimum absolute atomic E-state index is 0.140. The molecule has 3 nitrogen and oxygen atoms in total. The van der Waals surface area contributed by atoms with Crippen LogP contribution in [0.4, 0.5) is 5.69 Å². The van der Waals surface area contributed by atoms with Crippen molar-refractivity contribution in [2.45, 2.75) is 31.2 Å². The van der Waals surface area contributed by atoms with Gasteiger partial charge in [-0.1, -0.05) is 41.4 Å². The first kappa shape index (κ1) is 16.5. The molecule has 2 saturated carbocycles. The topological polar surface area (TPSA) is 49.3 Å². The Labute approximate surface area is 162 Å². The lowest BCUT2D eigenvalue weighted by atomic mass is 9.68. The predicted octanol–water partition coefficient (Wildman–Crippen LogP) is 5.99. The minimum Gasteiger partial charge on any atom is -0.478 e. The van der Waals surface area contributed by atoms with Gasteiger partial charge in [0.1, 0.15) is 0 Å². The molecule has 2 aliphatic carbocycles. The van der Waals surface area contributed by atoms with E-state index in [0.717, 1.165) is 11.3 Å². The third-order valence-electron chi connectivity index (χ3n) is 6.67. The van der Waals surface area contributed by atoms with Crippen LogP contribution in [0, 0.1) is 17.8 Å². The maximum Gasteiger partial charge on any atom is 0.335 e. The van der Waals surface area contributed by atoms with Crippen molar-refractivity contribution in [3.8, 4) is 0 Å². The van der Waals surface area contributed by atoms with Crippen molar-refractivity contribution < 1.29 is 9.90 Å². The van der Waals surface area contributed by atoms with E-state index in [1.165, 1.54) is 24.8 Å². The Morgan fingerprint density at radius 1 is 1.04 bits per heavy atom. The quantitative estimate of drug-likeness (QED) is 0.665. The number of aromatic carboxylic acids is 1. The van der Waals surface area contributed by atoms with Gasteiger partial charge in [-0.15, -0.1) is 0 Å². The summed E-state index contributed by atoms with van der Waals surface area (Å²) in [5.74, 6) is 1.55. The number of hydrogen-bond acceptors (Lipinski definition) is 2. The maximum atomic E-state index is 11.2. The predicted molar refractivity (Wildman–Crippen MR) is 103 cm³/mol. The van der Waals surface area contributed by atoms with Crippen molar-refractivity contribution in [3.05, 3.63) is 63.1 Å². The normalized spacial score (nSPS) is 31.2. The Morgan fingerprint density at radius 2 is 1.77 bits per heavy atom. The second-order valence-electron chi connectivity index (χ2n) is 7.81. The molecule has 2 aromatic carbocycles. The van der Waals surface area contributed by atoms with Crippen molar-refractivity contribution in [1.82, 2.24) is 0 Å². The molecule has 2 aromatic rings. The molecular formula is C21H19Cl2NO2. The van der Waals surface area contributed by atoms with Crippen LogP contribution in [0.5, 0.6) is 0 Å². The van der Waals surface area contributed by atoms with Crippen LogP contribution in [-0.4, -0.2) is 11.1 Å². The number of anilines is 1. The van der Waals surface area contributed by atoms with Crippen LogP contribution >= 0.6 is 23.2 Å². The lowest BCUT2D eigenvalue weighted by molar-refractivity contribution is 0.0697. The molecule has 2 N–H and O–H groups in total. The molecule has 2 fully saturated rings. The third kappa shape index (κ3) is 2.30. The zero-order chi connectivity index (χ0) is 18.0. The molecule has 134 valence electrons. The molecule has 0 amide bonds. The second-order valence-corrected chi connectivity index (χ2v) is 8.60. The summed E-state index contributed by atoms with van der Waals surface area (Å²) in [4.78, 5) is 11.2. The van der Waals surface area contributed by atoms with Crippen LogP contribution in [0.15, 0.2) is 36.4 Å². The molecule has 5 rings (SSSR count). The zero-order valence-corrected chi connectivity index (χ0v) is 15.6. The first-order valence-corrected chi connectivity index (χ1v) is 9.88. The van der Waals surface area contributed by atoms with E-state index in [0.29, 0.717) is 39.3 Å². The van der Waals surface area contributed by atoms with E-state index in [9.17, 15) is 9.90 Å². The summed E-state index contributed by atoms with van der Waals surface area (Å²) in [6.45, 7) is 0. The molecular weight excluding hydrogens is 369 g/mol. The standard InChI is InChI=1S/C21H19Cl2NO2/c22-15-8-7-14-16-12-5-6-13(9-12)17(16)19(24-20(14)18(15)23)10-1-3-11(4-2-10)21(25)26/h1-4,7-8,12-13,16-17,19,24H,5-6,9H2,(H,25,26). The fourth-order valence-corrected chi connectivity index (χ4v) is 6.04. The highest BCUT2D eigenvalue weighted by molar-refractivity contribution is 6.43. The number of rotatable bonds is 2. The SMILES string of the molecule is O=C(O)c1ccc(C2Nc3c(ccc(Cl)c3Cl)C3C4CCC(C4)C23)cc1. The van der Waals surface area contributed by atoms with Crippen LogP contribution in [0.25, 0.3) is 0 Å². The van der Waals surface area contributed by atoms with Crippen LogP contribution in [0.1, 0.15) is 52.7 Å². The zero-order valence-electron chi connectivity index (χ0n) is 14.1. The number of halogens is 2. The Morgan fingerprint density at radius 3 is 2.50 bits per heavy atom. The largest absolute Gasteiger partial charge is 0.478 e. The highest BCUT2D eigenvalue weighted by Crippen LogP contribution is 2.64. The van der Waals surface area contributed by atoms with Gasteiger partial charge in [0.15, 0.2) is 0 Å². The van der Waals surface area contributed by atoms with Crippen LogP contribution in [-0.2, 0) is 0 Å². The number of carboxylic acids is 1. The van der Waals surface area contributed by atoms with Crippen molar-refractivity contribution >= 4 is 34.9 Å². The van der Waals surface area contributed by atoms with Crippen molar-refractivity contribution in [2.75, 3.05) is 5.32 Å². The summed E-state index contributed by atoms with van der Waals surface area (Å²) in [6, 6.07) is 11.4. The summed E-state index contributed by atoms with van der Waals surface area (Å²) in [5.41, 5.74) is 3.70. The average molecular weight is 388 g/mol. The molecule has 1 aliphatic heterocycles. The molecule has 0 saturated heterocycles. The van der Waals surface area contributed by atoms with Gasteiger partial charge in [0.2, 0.25) is 0 Å². The van der Waals surface area contributed by atoms with Crippen molar-refractivity contribution in [3.63, 3.8) is 0 Å². The lowest BCUT2D eigenvalue weighted by Crippen LogP contribution is -2.35. The molecule has 26 heavy (non-hydrogen) atoms. The van der Waals surface area contributed by atoms with Gasteiger partial charge in [0.25, 0.3) is 0 Å². The summed E-state index contributed by atoms with van der Waals surface area (Å²) in [6.07, 6.45) is 3.85. The molecule has 5 unspecified atom stereocenters. The van der Waals surface area contributed by atoms with E-state index >= 15 is 0 Å². The van der Waals surface area contributed by atoms with Crippen molar-refractivity contribution in [2.24, 2.45) is 17.8 Å². The van der Waals surface area contributed by atoms with Crippen molar-refractivity contribution in [1.29, 1.82) is 0 Å². The molecule has 5 atom stereocenters. The van der Waals surface area contributed by atoms with E-state index in [1.54, 1.807) is 12.1 Å². The Balaban J connectivity index is 1.62. The average Bonchev–Trinajstić information content (AvgIpc) is 3.26. The number of hydrogen-bond donors (Lipinski definition) is 2. The first-order chi connectivity index (χ1) is 12.5. The third-order valence-corrected chi connectivity index (χ3v) is 7.47. The molecule has 0 aromatic heterocycles. The first-order valence-electron chi connectivity index (χ1n) is 9.12. The molecule has 5 heteroatoms. The van der Waals surface area contributed by atoms with Gasteiger partial charge in [-0.25, -0.2) is 4.79 Å². The second kappa shape index (κ2) is 5.90. The van der Waals surface area contributed by atoms with Crippen LogP contribution < -0.4 is 5.32 Å².